The van der Waals surface area contributed by atoms with Gasteiger partial charge in [0.15, 0.2) is 0 Å². The van der Waals surface area contributed by atoms with E-state index in [1.165, 1.54) is 12.8 Å². The van der Waals surface area contributed by atoms with E-state index in [-0.39, 0.29) is 35.5 Å². The van der Waals surface area contributed by atoms with Gasteiger partial charge in [0.2, 0.25) is 5.91 Å². The van der Waals surface area contributed by atoms with Crippen LogP contribution >= 0.6 is 0 Å². The van der Waals surface area contributed by atoms with Crippen molar-refractivity contribution >= 4 is 16.0 Å². The van der Waals surface area contributed by atoms with Crippen molar-refractivity contribution in [2.24, 2.45) is 46.3 Å². The zero-order valence-electron chi connectivity index (χ0n) is 21.1. The molecule has 0 aromatic heterocycles. The second-order valence-corrected chi connectivity index (χ2v) is 14.1. The highest BCUT2D eigenvalue weighted by Crippen LogP contribution is 2.68. The number of fused-ring (bicyclic) bond motifs is 5. The molecule has 0 saturated heterocycles. The van der Waals surface area contributed by atoms with Gasteiger partial charge in [-0.05, 0) is 104 Å². The number of amides is 1. The van der Waals surface area contributed by atoms with Gasteiger partial charge in [0, 0.05) is 13.0 Å². The minimum atomic E-state index is -4.07. The molecule has 4 rings (SSSR count). The quantitative estimate of drug-likeness (QED) is 0.398. The molecule has 6 unspecified atom stereocenters. The number of aliphatic hydroxyl groups excluding tert-OH is 2. The molecule has 0 radical (unpaired) electrons. The number of aliphatic hydroxyl groups is 2. The highest BCUT2D eigenvalue weighted by atomic mass is 32.2. The maximum atomic E-state index is 12.2. The average Bonchev–Trinajstić information content (AvgIpc) is 3.11. The fourth-order valence-corrected chi connectivity index (χ4v) is 9.49. The average molecular weight is 500 g/mol. The molecule has 0 spiro atoms. The van der Waals surface area contributed by atoms with Crippen LogP contribution in [-0.2, 0) is 14.9 Å². The molecule has 0 aromatic rings. The summed E-state index contributed by atoms with van der Waals surface area (Å²) in [7, 11) is -4.07. The summed E-state index contributed by atoms with van der Waals surface area (Å²) in [5, 5.41) is 24.5. The minimum absolute atomic E-state index is 0.0756. The van der Waals surface area contributed by atoms with Gasteiger partial charge in [-0.1, -0.05) is 20.8 Å². The molecule has 4 saturated carbocycles. The minimum Gasteiger partial charge on any atom is -0.393 e. The van der Waals surface area contributed by atoms with Crippen LogP contribution in [0.1, 0.15) is 85.0 Å². The lowest BCUT2D eigenvalue weighted by Crippen LogP contribution is -2.58. The van der Waals surface area contributed by atoms with E-state index in [1.807, 2.05) is 0 Å². The molecule has 0 aromatic carbocycles. The highest BCUT2D eigenvalue weighted by molar-refractivity contribution is 7.85. The maximum Gasteiger partial charge on any atom is 0.266 e. The van der Waals surface area contributed by atoms with Crippen LogP contribution in [0.4, 0.5) is 0 Å². The van der Waals surface area contributed by atoms with E-state index >= 15 is 0 Å². The fourth-order valence-electron chi connectivity index (χ4n) is 9.13. The summed E-state index contributed by atoms with van der Waals surface area (Å²) in [6.07, 6.45) is 8.93. The third-order valence-corrected chi connectivity index (χ3v) is 11.7. The molecule has 0 aliphatic heterocycles. The Balaban J connectivity index is 1.40. The molecular formula is C26H45NO6S. The molecule has 4 aliphatic rings. The van der Waals surface area contributed by atoms with Crippen LogP contribution in [0.3, 0.4) is 0 Å². The molecule has 0 bridgehead atoms. The molecular weight excluding hydrogens is 454 g/mol. The second-order valence-electron chi connectivity index (χ2n) is 12.5. The number of hydrogen-bond acceptors (Lipinski definition) is 5. The van der Waals surface area contributed by atoms with E-state index in [1.54, 1.807) is 0 Å². The first kappa shape index (κ1) is 26.4. The van der Waals surface area contributed by atoms with E-state index in [0.29, 0.717) is 48.3 Å². The van der Waals surface area contributed by atoms with Crippen molar-refractivity contribution in [2.75, 3.05) is 12.3 Å². The normalized spacial score (nSPS) is 45.1. The largest absolute Gasteiger partial charge is 0.393 e. The first-order chi connectivity index (χ1) is 15.9. The van der Waals surface area contributed by atoms with Gasteiger partial charge in [-0.15, -0.1) is 0 Å². The summed E-state index contributed by atoms with van der Waals surface area (Å²) >= 11 is 0. The van der Waals surface area contributed by atoms with Crippen LogP contribution in [0.15, 0.2) is 0 Å². The summed E-state index contributed by atoms with van der Waals surface area (Å²) in [4.78, 5) is 12.2. The first-order valence-corrected chi connectivity index (χ1v) is 15.0. The third-order valence-electron chi connectivity index (χ3n) is 11.0. The van der Waals surface area contributed by atoms with Gasteiger partial charge < -0.3 is 15.5 Å². The van der Waals surface area contributed by atoms with Crippen molar-refractivity contribution < 1.29 is 28.0 Å². The third kappa shape index (κ3) is 4.81. The van der Waals surface area contributed by atoms with Crippen LogP contribution in [0, 0.1) is 46.3 Å². The molecule has 34 heavy (non-hydrogen) atoms. The Morgan fingerprint density at radius 2 is 1.79 bits per heavy atom. The molecule has 7 nitrogen and oxygen atoms in total. The van der Waals surface area contributed by atoms with Crippen molar-refractivity contribution in [3.63, 3.8) is 0 Å². The van der Waals surface area contributed by atoms with Crippen LogP contribution < -0.4 is 5.32 Å². The van der Waals surface area contributed by atoms with Gasteiger partial charge in [-0.3, -0.25) is 9.35 Å². The molecule has 10 atom stereocenters. The lowest BCUT2D eigenvalue weighted by atomic mass is 9.43. The number of nitrogens with one attached hydrogen (secondary N) is 1. The Morgan fingerprint density at radius 1 is 1.06 bits per heavy atom. The van der Waals surface area contributed by atoms with Crippen molar-refractivity contribution in [3.05, 3.63) is 0 Å². The molecule has 4 N–H and O–H groups in total. The van der Waals surface area contributed by atoms with Gasteiger partial charge in [-0.25, -0.2) is 0 Å². The molecule has 1 amide bonds. The lowest BCUT2D eigenvalue weighted by Gasteiger charge is -2.62. The Kier molecular flexibility index (Phi) is 7.47. The van der Waals surface area contributed by atoms with E-state index in [0.717, 1.165) is 38.5 Å². The van der Waals surface area contributed by atoms with Crippen molar-refractivity contribution in [2.45, 2.75) is 97.2 Å². The van der Waals surface area contributed by atoms with Crippen LogP contribution in [0.5, 0.6) is 0 Å². The zero-order valence-corrected chi connectivity index (χ0v) is 21.9. The SMILES string of the molecule is CC(CCC(=O)NCCS(=O)(=O)O)C1CCC2C3CCC4C[C@H](O)CC[C@]4(C)C3C[C@H](O)[C@]12C. The van der Waals surface area contributed by atoms with Gasteiger partial charge in [0.1, 0.15) is 0 Å². The number of rotatable bonds is 7. The van der Waals surface area contributed by atoms with Crippen molar-refractivity contribution in [3.8, 4) is 0 Å². The smallest absolute Gasteiger partial charge is 0.266 e. The Labute approximate surface area is 205 Å². The van der Waals surface area contributed by atoms with E-state index in [4.69, 9.17) is 4.55 Å². The predicted octanol–water partition coefficient (Wildman–Crippen LogP) is 3.40. The Morgan fingerprint density at radius 3 is 2.50 bits per heavy atom. The maximum absolute atomic E-state index is 12.2. The number of carbonyl (C=O) groups is 1. The van der Waals surface area contributed by atoms with Crippen LogP contribution in [0.2, 0.25) is 0 Å². The zero-order chi connectivity index (χ0) is 24.9. The van der Waals surface area contributed by atoms with E-state index < -0.39 is 15.9 Å². The van der Waals surface area contributed by atoms with E-state index in [9.17, 15) is 23.4 Å². The highest BCUT2D eigenvalue weighted by Gasteiger charge is 2.63. The van der Waals surface area contributed by atoms with Crippen LogP contribution in [0.25, 0.3) is 0 Å². The summed E-state index contributed by atoms with van der Waals surface area (Å²) in [6.45, 7) is 6.86. The molecule has 4 fully saturated rings. The molecule has 4 aliphatic carbocycles. The Hall–Kier alpha value is -0.700. The second kappa shape index (κ2) is 9.64. The molecule has 0 heterocycles. The van der Waals surface area contributed by atoms with Crippen LogP contribution in [-0.4, -0.2) is 53.6 Å². The fraction of sp³-hybridized carbons (Fsp3) is 0.962. The number of hydrogen-bond donors (Lipinski definition) is 4. The predicted molar refractivity (Wildman–Crippen MR) is 130 cm³/mol. The number of carbonyl (C=O) groups excluding carboxylic acids is 1. The summed E-state index contributed by atoms with van der Waals surface area (Å²) in [6, 6.07) is 0. The topological polar surface area (TPSA) is 124 Å². The van der Waals surface area contributed by atoms with Gasteiger partial charge in [-0.2, -0.15) is 8.42 Å². The lowest BCUT2D eigenvalue weighted by molar-refractivity contribution is -0.174. The summed E-state index contributed by atoms with van der Waals surface area (Å²) in [5.74, 6) is 2.28. The summed E-state index contributed by atoms with van der Waals surface area (Å²) in [5.41, 5.74) is 0.105. The van der Waals surface area contributed by atoms with Gasteiger partial charge in [0.05, 0.1) is 18.0 Å². The van der Waals surface area contributed by atoms with Gasteiger partial charge in [0.25, 0.3) is 10.1 Å². The molecule has 8 heteroatoms. The monoisotopic (exact) mass is 499 g/mol. The van der Waals surface area contributed by atoms with Crippen molar-refractivity contribution in [1.29, 1.82) is 0 Å². The van der Waals surface area contributed by atoms with Gasteiger partial charge >= 0.3 is 0 Å². The van der Waals surface area contributed by atoms with E-state index in [2.05, 4.69) is 26.1 Å². The van der Waals surface area contributed by atoms with Crippen molar-refractivity contribution in [1.82, 2.24) is 5.32 Å². The standard InChI is InChI=1S/C26H45NO6S/c1-16(4-9-24(30)27-12-13-34(31,32)33)20-7-8-21-19-6-5-17-14-18(28)10-11-25(17,2)22(19)15-23(29)26(20,21)3/h16-23,28-29H,4-15H2,1-3H3,(H,27,30)(H,31,32,33)/t16?,17?,18-,19?,20?,21?,22?,23+,25+,26-/m1/s1. The summed E-state index contributed by atoms with van der Waals surface area (Å²) < 4.78 is 30.5. The first-order valence-electron chi connectivity index (χ1n) is 13.4. The molecule has 196 valence electrons. The Bertz CT molecular complexity index is 863.